The highest BCUT2D eigenvalue weighted by Gasteiger charge is 2.14. The molecule has 0 fully saturated rings. The Morgan fingerprint density at radius 2 is 1.84 bits per heavy atom. The molecule has 0 unspecified atom stereocenters. The predicted octanol–water partition coefficient (Wildman–Crippen LogP) is 5.37. The van der Waals surface area contributed by atoms with Crippen LogP contribution in [0, 0.1) is 18.2 Å². The number of benzene rings is 3. The molecule has 0 aromatic heterocycles. The normalized spacial score (nSPS) is 10.8. The monoisotopic (exact) mass is 334 g/mol. The highest BCUT2D eigenvalue weighted by atomic mass is 19.1. The molecule has 0 radical (unpaired) electrons. The predicted molar refractivity (Wildman–Crippen MR) is 98.4 cm³/mol. The lowest BCUT2D eigenvalue weighted by atomic mass is 9.92. The zero-order chi connectivity index (χ0) is 18.0. The maximum absolute atomic E-state index is 14.1. The summed E-state index contributed by atoms with van der Waals surface area (Å²) in [5.74, 6) is 3.20. The van der Waals surface area contributed by atoms with E-state index < -0.39 is 0 Å². The van der Waals surface area contributed by atoms with Gasteiger partial charge in [-0.25, -0.2) is 4.39 Å². The van der Waals surface area contributed by atoms with Crippen LogP contribution >= 0.6 is 0 Å². The summed E-state index contributed by atoms with van der Waals surface area (Å²) in [5, 5.41) is 11.0. The molecule has 0 saturated heterocycles. The molecule has 3 aromatic carbocycles. The molecule has 0 atom stereocenters. The number of aromatic hydroxyl groups is 1. The van der Waals surface area contributed by atoms with E-state index in [1.807, 2.05) is 38.1 Å². The lowest BCUT2D eigenvalue weighted by molar-refractivity contribution is 0.306. The molecular weight excluding hydrogens is 315 g/mol. The highest BCUT2D eigenvalue weighted by molar-refractivity contribution is 5.93. The Bertz CT molecular complexity index is 950. The third-order valence-corrected chi connectivity index (χ3v) is 4.18. The summed E-state index contributed by atoms with van der Waals surface area (Å²) < 4.78 is 20.0. The van der Waals surface area contributed by atoms with E-state index in [-0.39, 0.29) is 17.5 Å². The van der Waals surface area contributed by atoms with Gasteiger partial charge >= 0.3 is 0 Å². The van der Waals surface area contributed by atoms with E-state index in [0.29, 0.717) is 17.9 Å². The number of fused-ring (bicyclic) bond motifs is 1. The maximum atomic E-state index is 14.1. The zero-order valence-corrected chi connectivity index (χ0v) is 14.2. The van der Waals surface area contributed by atoms with Crippen molar-refractivity contribution in [1.82, 2.24) is 0 Å². The van der Waals surface area contributed by atoms with E-state index in [2.05, 4.69) is 5.92 Å². The number of hydrogen-bond donors (Lipinski definition) is 1. The van der Waals surface area contributed by atoms with Gasteiger partial charge in [0.15, 0.2) is 0 Å². The number of terminal acetylenes is 1. The minimum Gasteiger partial charge on any atom is -0.508 e. The number of phenols is 1. The first kappa shape index (κ1) is 16.9. The van der Waals surface area contributed by atoms with Gasteiger partial charge in [-0.1, -0.05) is 38.0 Å². The van der Waals surface area contributed by atoms with Gasteiger partial charge < -0.3 is 9.84 Å². The molecule has 2 nitrogen and oxygen atoms in total. The van der Waals surface area contributed by atoms with Crippen LogP contribution in [0.15, 0.2) is 48.5 Å². The Balaban J connectivity index is 2.01. The average Bonchev–Trinajstić information content (AvgIpc) is 2.60. The molecule has 3 heteroatoms. The summed E-state index contributed by atoms with van der Waals surface area (Å²) in [7, 11) is 0. The maximum Gasteiger partial charge on any atom is 0.139 e. The Kier molecular flexibility index (Phi) is 4.63. The number of rotatable bonds is 4. The van der Waals surface area contributed by atoms with Crippen molar-refractivity contribution in [2.24, 2.45) is 0 Å². The largest absolute Gasteiger partial charge is 0.508 e. The van der Waals surface area contributed by atoms with Crippen molar-refractivity contribution in [2.75, 3.05) is 0 Å². The Hall–Kier alpha value is -2.99. The molecular formula is C22H19FO2. The molecule has 1 N–H and O–H groups in total. The summed E-state index contributed by atoms with van der Waals surface area (Å²) in [6, 6.07) is 13.8. The first-order valence-corrected chi connectivity index (χ1v) is 8.13. The van der Waals surface area contributed by atoms with Gasteiger partial charge in [0.1, 0.15) is 23.9 Å². The number of halogens is 1. The minimum absolute atomic E-state index is 0.175. The van der Waals surface area contributed by atoms with E-state index >= 15 is 0 Å². The van der Waals surface area contributed by atoms with Gasteiger partial charge in [0.25, 0.3) is 0 Å². The molecule has 25 heavy (non-hydrogen) atoms. The van der Waals surface area contributed by atoms with Crippen molar-refractivity contribution in [3.05, 3.63) is 71.0 Å². The second kappa shape index (κ2) is 6.86. The average molecular weight is 334 g/mol. The molecule has 0 saturated carbocycles. The Morgan fingerprint density at radius 1 is 1.12 bits per heavy atom. The van der Waals surface area contributed by atoms with Crippen molar-refractivity contribution in [2.45, 2.75) is 26.4 Å². The summed E-state index contributed by atoms with van der Waals surface area (Å²) in [5.41, 5.74) is 2.21. The summed E-state index contributed by atoms with van der Waals surface area (Å²) >= 11 is 0. The van der Waals surface area contributed by atoms with Crippen molar-refractivity contribution in [3.63, 3.8) is 0 Å². The molecule has 0 amide bonds. The van der Waals surface area contributed by atoms with Crippen LogP contribution in [-0.2, 0) is 6.61 Å². The fourth-order valence-corrected chi connectivity index (χ4v) is 2.88. The van der Waals surface area contributed by atoms with E-state index in [1.165, 1.54) is 6.07 Å². The van der Waals surface area contributed by atoms with Gasteiger partial charge in [0.2, 0.25) is 0 Å². The zero-order valence-electron chi connectivity index (χ0n) is 14.2. The third kappa shape index (κ3) is 3.44. The summed E-state index contributed by atoms with van der Waals surface area (Å²) in [6.07, 6.45) is 5.53. The van der Waals surface area contributed by atoms with Crippen LogP contribution in [0.1, 0.15) is 36.5 Å². The Morgan fingerprint density at radius 3 is 2.48 bits per heavy atom. The number of phenolic OH excluding ortho intramolecular Hbond substituents is 1. The van der Waals surface area contributed by atoms with Crippen LogP contribution in [0.3, 0.4) is 0 Å². The minimum atomic E-state index is -0.380. The van der Waals surface area contributed by atoms with Crippen LogP contribution in [0.2, 0.25) is 0 Å². The van der Waals surface area contributed by atoms with Crippen molar-refractivity contribution in [3.8, 4) is 23.8 Å². The van der Waals surface area contributed by atoms with Crippen molar-refractivity contribution < 1.29 is 14.2 Å². The standard InChI is InChI=1S/C22H19FO2/c1-4-19-21(23)10-7-16-11-18(12-20(14(2)3)22(16)19)25-13-15-5-8-17(24)9-6-15/h1,5-12,14,24H,13H2,2-3H3. The lowest BCUT2D eigenvalue weighted by Gasteiger charge is -2.16. The van der Waals surface area contributed by atoms with E-state index in [0.717, 1.165) is 21.9 Å². The molecule has 3 aromatic rings. The van der Waals surface area contributed by atoms with E-state index in [1.54, 1.807) is 18.2 Å². The second-order valence-corrected chi connectivity index (χ2v) is 6.29. The molecule has 0 aliphatic rings. The molecule has 0 heterocycles. The SMILES string of the molecule is C#Cc1c(F)ccc2cc(OCc3ccc(O)cc3)cc(C(C)C)c12. The van der Waals surface area contributed by atoms with Crippen molar-refractivity contribution in [1.29, 1.82) is 0 Å². The molecule has 0 aliphatic heterocycles. The van der Waals surface area contributed by atoms with Gasteiger partial charge in [-0.2, -0.15) is 0 Å². The van der Waals surface area contributed by atoms with Crippen LogP contribution in [0.5, 0.6) is 11.5 Å². The summed E-state index contributed by atoms with van der Waals surface area (Å²) in [6.45, 7) is 4.47. The second-order valence-electron chi connectivity index (χ2n) is 6.29. The van der Waals surface area contributed by atoms with Gasteiger partial charge in [-0.05, 0) is 52.8 Å². The van der Waals surface area contributed by atoms with Crippen LogP contribution in [0.4, 0.5) is 4.39 Å². The lowest BCUT2D eigenvalue weighted by Crippen LogP contribution is -1.99. The third-order valence-electron chi connectivity index (χ3n) is 4.18. The summed E-state index contributed by atoms with van der Waals surface area (Å²) in [4.78, 5) is 0. The van der Waals surface area contributed by atoms with E-state index in [4.69, 9.17) is 11.2 Å². The molecule has 0 spiro atoms. The van der Waals surface area contributed by atoms with Crippen LogP contribution in [-0.4, -0.2) is 5.11 Å². The van der Waals surface area contributed by atoms with Gasteiger partial charge in [0, 0.05) is 5.39 Å². The number of ether oxygens (including phenoxy) is 1. The number of hydrogen-bond acceptors (Lipinski definition) is 2. The first-order valence-electron chi connectivity index (χ1n) is 8.13. The molecule has 126 valence electrons. The molecule has 0 aliphatic carbocycles. The van der Waals surface area contributed by atoms with Crippen molar-refractivity contribution >= 4 is 10.8 Å². The van der Waals surface area contributed by atoms with Gasteiger partial charge in [-0.15, -0.1) is 6.42 Å². The van der Waals surface area contributed by atoms with Gasteiger partial charge in [-0.3, -0.25) is 0 Å². The molecule has 3 rings (SSSR count). The topological polar surface area (TPSA) is 29.5 Å². The van der Waals surface area contributed by atoms with Crippen LogP contribution in [0.25, 0.3) is 10.8 Å². The Labute approximate surface area is 146 Å². The highest BCUT2D eigenvalue weighted by Crippen LogP contribution is 2.34. The fourth-order valence-electron chi connectivity index (χ4n) is 2.88. The smallest absolute Gasteiger partial charge is 0.139 e. The van der Waals surface area contributed by atoms with Crippen LogP contribution < -0.4 is 4.74 Å². The quantitative estimate of drug-likeness (QED) is 0.650. The first-order chi connectivity index (χ1) is 12.0. The molecule has 0 bridgehead atoms. The van der Waals surface area contributed by atoms with Gasteiger partial charge in [0.05, 0.1) is 5.56 Å². The van der Waals surface area contributed by atoms with E-state index in [9.17, 15) is 9.50 Å². The fraction of sp³-hybridized carbons (Fsp3) is 0.182.